The van der Waals surface area contributed by atoms with Gasteiger partial charge in [-0.05, 0) is 30.5 Å². The van der Waals surface area contributed by atoms with E-state index in [2.05, 4.69) is 22.5 Å². The zero-order valence-corrected chi connectivity index (χ0v) is 15.7. The number of hydrogen-bond acceptors (Lipinski definition) is 2. The van der Waals surface area contributed by atoms with Crippen LogP contribution in [0, 0.1) is 0 Å². The van der Waals surface area contributed by atoms with Crippen LogP contribution in [0.1, 0.15) is 23.2 Å². The molecule has 0 aliphatic carbocycles. The van der Waals surface area contributed by atoms with Gasteiger partial charge in [0.05, 0.1) is 17.8 Å². The molecule has 3 aromatic rings. The maximum atomic E-state index is 12.8. The van der Waals surface area contributed by atoms with E-state index in [0.717, 1.165) is 24.2 Å². The lowest BCUT2D eigenvalue weighted by Crippen LogP contribution is -2.44. The summed E-state index contributed by atoms with van der Waals surface area (Å²) in [5.41, 5.74) is 3.59. The average Bonchev–Trinajstić information content (AvgIpc) is 3.08. The second-order valence-corrected chi connectivity index (χ2v) is 7.04. The van der Waals surface area contributed by atoms with Crippen LogP contribution in [0.4, 0.5) is 4.79 Å². The number of aryl methyl sites for hydroxylation is 1. The van der Waals surface area contributed by atoms with Crippen LogP contribution < -0.4 is 10.9 Å². The van der Waals surface area contributed by atoms with Crippen molar-refractivity contribution in [2.75, 3.05) is 13.1 Å². The molecule has 1 aliphatic heterocycles. The summed E-state index contributed by atoms with van der Waals surface area (Å²) >= 11 is 0. The molecule has 0 spiro atoms. The summed E-state index contributed by atoms with van der Waals surface area (Å²) in [7, 11) is 0. The third-order valence-corrected chi connectivity index (χ3v) is 5.12. The molecule has 0 radical (unpaired) electrons. The molecule has 6 heteroatoms. The molecule has 2 amide bonds. The van der Waals surface area contributed by atoms with Crippen molar-refractivity contribution in [3.8, 4) is 5.69 Å². The van der Waals surface area contributed by atoms with Crippen molar-refractivity contribution >= 4 is 6.03 Å². The number of aromatic amines is 1. The number of benzene rings is 2. The van der Waals surface area contributed by atoms with Gasteiger partial charge in [-0.1, -0.05) is 48.5 Å². The van der Waals surface area contributed by atoms with E-state index in [-0.39, 0.29) is 11.6 Å². The fourth-order valence-electron chi connectivity index (χ4n) is 3.58. The maximum absolute atomic E-state index is 12.8. The number of nitrogens with one attached hydrogen (secondary N) is 2. The Hall–Kier alpha value is -3.28. The summed E-state index contributed by atoms with van der Waals surface area (Å²) in [5, 5.41) is 6.17. The Bertz CT molecular complexity index is 992. The van der Waals surface area contributed by atoms with Crippen LogP contribution in [0.15, 0.2) is 65.5 Å². The molecule has 0 unspecified atom stereocenters. The van der Waals surface area contributed by atoms with Crippen molar-refractivity contribution < 1.29 is 4.79 Å². The van der Waals surface area contributed by atoms with Gasteiger partial charge in [0, 0.05) is 25.2 Å². The number of hydrogen-bond donors (Lipinski definition) is 2. The highest BCUT2D eigenvalue weighted by atomic mass is 16.2. The number of fused-ring (bicyclic) bond motifs is 1. The van der Waals surface area contributed by atoms with E-state index in [1.165, 1.54) is 5.56 Å². The first-order chi connectivity index (χ1) is 13.7. The maximum Gasteiger partial charge on any atom is 0.317 e. The number of urea groups is 1. The molecule has 6 nitrogen and oxygen atoms in total. The number of para-hydroxylation sites is 1. The fraction of sp³-hybridized carbons (Fsp3) is 0.273. The van der Waals surface area contributed by atoms with Crippen LogP contribution in [0.3, 0.4) is 0 Å². The first-order valence-electron chi connectivity index (χ1n) is 9.67. The largest absolute Gasteiger partial charge is 0.338 e. The molecule has 0 atom stereocenters. The molecule has 2 heterocycles. The van der Waals surface area contributed by atoms with Gasteiger partial charge in [-0.25, -0.2) is 9.48 Å². The highest BCUT2D eigenvalue weighted by Crippen LogP contribution is 2.16. The van der Waals surface area contributed by atoms with E-state index in [4.69, 9.17) is 0 Å². The normalized spacial score (nSPS) is 13.2. The fourth-order valence-corrected chi connectivity index (χ4v) is 3.58. The van der Waals surface area contributed by atoms with Gasteiger partial charge in [0.1, 0.15) is 0 Å². The quantitative estimate of drug-likeness (QED) is 0.672. The molecule has 2 aromatic carbocycles. The van der Waals surface area contributed by atoms with E-state index >= 15 is 0 Å². The predicted octanol–water partition coefficient (Wildman–Crippen LogP) is 2.87. The van der Waals surface area contributed by atoms with E-state index in [1.807, 2.05) is 48.5 Å². The minimum atomic E-state index is -0.106. The average molecular weight is 376 g/mol. The van der Waals surface area contributed by atoms with Crippen LogP contribution in [-0.4, -0.2) is 33.8 Å². The third kappa shape index (κ3) is 3.86. The molecule has 4 rings (SSSR count). The topological polar surface area (TPSA) is 70.1 Å². The molecule has 1 aliphatic rings. The summed E-state index contributed by atoms with van der Waals surface area (Å²) < 4.78 is 1.56. The van der Waals surface area contributed by atoms with Gasteiger partial charge in [-0.15, -0.1) is 0 Å². The molecule has 0 saturated carbocycles. The molecular formula is C22H24N4O2. The smallest absolute Gasteiger partial charge is 0.317 e. The Morgan fingerprint density at radius 3 is 2.50 bits per heavy atom. The Morgan fingerprint density at radius 2 is 1.75 bits per heavy atom. The number of rotatable bonds is 5. The van der Waals surface area contributed by atoms with E-state index in [0.29, 0.717) is 31.6 Å². The summed E-state index contributed by atoms with van der Waals surface area (Å²) in [6.07, 6.45) is 2.48. The number of H-pyrrole nitrogens is 1. The summed E-state index contributed by atoms with van der Waals surface area (Å²) in [6, 6.07) is 19.6. The highest BCUT2D eigenvalue weighted by Gasteiger charge is 2.25. The first-order valence-corrected chi connectivity index (χ1v) is 9.67. The van der Waals surface area contributed by atoms with Crippen molar-refractivity contribution in [2.45, 2.75) is 25.8 Å². The van der Waals surface area contributed by atoms with Crippen molar-refractivity contribution in [3.05, 3.63) is 87.8 Å². The van der Waals surface area contributed by atoms with Crippen LogP contribution >= 0.6 is 0 Å². The molecule has 2 N–H and O–H groups in total. The van der Waals surface area contributed by atoms with Crippen LogP contribution in [0.5, 0.6) is 0 Å². The van der Waals surface area contributed by atoms with Crippen molar-refractivity contribution in [1.29, 1.82) is 0 Å². The number of carbonyl (C=O) groups excluding carboxylic acids is 1. The van der Waals surface area contributed by atoms with Gasteiger partial charge in [-0.2, -0.15) is 0 Å². The summed E-state index contributed by atoms with van der Waals surface area (Å²) in [6.45, 7) is 1.57. The second kappa shape index (κ2) is 8.17. The van der Waals surface area contributed by atoms with E-state index in [1.54, 1.807) is 9.58 Å². The Kier molecular flexibility index (Phi) is 5.28. The second-order valence-electron chi connectivity index (χ2n) is 7.04. The predicted molar refractivity (Wildman–Crippen MR) is 109 cm³/mol. The first kappa shape index (κ1) is 18.1. The summed E-state index contributed by atoms with van der Waals surface area (Å²) in [4.78, 5) is 27.0. The zero-order valence-electron chi connectivity index (χ0n) is 15.7. The van der Waals surface area contributed by atoms with Gasteiger partial charge >= 0.3 is 6.03 Å². The van der Waals surface area contributed by atoms with Gasteiger partial charge in [0.25, 0.3) is 5.56 Å². The zero-order chi connectivity index (χ0) is 19.3. The third-order valence-electron chi connectivity index (χ3n) is 5.12. The van der Waals surface area contributed by atoms with E-state index < -0.39 is 0 Å². The Balaban J connectivity index is 1.35. The molecule has 0 saturated heterocycles. The van der Waals surface area contributed by atoms with Gasteiger partial charge in [-0.3, -0.25) is 9.89 Å². The standard InChI is InChI=1S/C22H24N4O2/c27-21-19-16-25(22(28)23-14-7-10-17-8-3-1-4-9-17)15-13-20(19)24-26(21)18-11-5-2-6-12-18/h1-6,8-9,11-12,24H,7,10,13-16H2,(H,23,28). The number of carbonyl (C=O) groups is 1. The molecular weight excluding hydrogens is 352 g/mol. The summed E-state index contributed by atoms with van der Waals surface area (Å²) in [5.74, 6) is 0. The number of amides is 2. The highest BCUT2D eigenvalue weighted by molar-refractivity contribution is 5.74. The monoisotopic (exact) mass is 376 g/mol. The van der Waals surface area contributed by atoms with Crippen molar-refractivity contribution in [1.82, 2.24) is 20.0 Å². The van der Waals surface area contributed by atoms with Gasteiger partial charge in [0.2, 0.25) is 0 Å². The van der Waals surface area contributed by atoms with Gasteiger partial charge < -0.3 is 10.2 Å². The lowest BCUT2D eigenvalue weighted by Gasteiger charge is -2.26. The van der Waals surface area contributed by atoms with Crippen LogP contribution in [-0.2, 0) is 19.4 Å². The van der Waals surface area contributed by atoms with Crippen LogP contribution in [0.25, 0.3) is 5.69 Å². The lowest BCUT2D eigenvalue weighted by atomic mass is 10.1. The van der Waals surface area contributed by atoms with E-state index in [9.17, 15) is 9.59 Å². The SMILES string of the molecule is O=C(NCCCc1ccccc1)N1CCc2[nH]n(-c3ccccc3)c(=O)c2C1. The molecule has 28 heavy (non-hydrogen) atoms. The molecule has 0 fully saturated rings. The Labute approximate surface area is 163 Å². The van der Waals surface area contributed by atoms with Crippen molar-refractivity contribution in [3.63, 3.8) is 0 Å². The molecule has 144 valence electrons. The molecule has 1 aromatic heterocycles. The number of aromatic nitrogens is 2. The minimum absolute atomic E-state index is 0.0808. The van der Waals surface area contributed by atoms with Gasteiger partial charge in [0.15, 0.2) is 0 Å². The van der Waals surface area contributed by atoms with Crippen molar-refractivity contribution in [2.24, 2.45) is 0 Å². The number of nitrogens with zero attached hydrogens (tertiary/aromatic N) is 2. The molecule has 0 bridgehead atoms. The lowest BCUT2D eigenvalue weighted by molar-refractivity contribution is 0.192. The minimum Gasteiger partial charge on any atom is -0.338 e. The van der Waals surface area contributed by atoms with Crippen LogP contribution in [0.2, 0.25) is 0 Å². The Morgan fingerprint density at radius 1 is 1.04 bits per heavy atom.